The van der Waals surface area contributed by atoms with Gasteiger partial charge in [0, 0.05) is 19.3 Å². The Morgan fingerprint density at radius 2 is 2.00 bits per heavy atom. The van der Waals surface area contributed by atoms with Crippen LogP contribution in [0.4, 0.5) is 0 Å². The van der Waals surface area contributed by atoms with E-state index < -0.39 is 0 Å². The third-order valence-electron chi connectivity index (χ3n) is 3.06. The zero-order valence-electron chi connectivity index (χ0n) is 9.18. The van der Waals surface area contributed by atoms with E-state index in [2.05, 4.69) is 26.2 Å². The van der Waals surface area contributed by atoms with Crippen molar-refractivity contribution in [1.29, 1.82) is 0 Å². The van der Waals surface area contributed by atoms with E-state index in [1.165, 1.54) is 19.3 Å². The van der Waals surface area contributed by atoms with Gasteiger partial charge in [-0.3, -0.25) is 0 Å². The Bertz CT molecular complexity index is 128. The molecule has 13 heavy (non-hydrogen) atoms. The molecular formula is C11H23NO. The van der Waals surface area contributed by atoms with Gasteiger partial charge in [-0.2, -0.15) is 0 Å². The van der Waals surface area contributed by atoms with E-state index in [1.54, 1.807) is 0 Å². The van der Waals surface area contributed by atoms with Gasteiger partial charge in [-0.15, -0.1) is 0 Å². The van der Waals surface area contributed by atoms with Crippen LogP contribution in [0.5, 0.6) is 0 Å². The van der Waals surface area contributed by atoms with Gasteiger partial charge in [-0.05, 0) is 38.1 Å². The summed E-state index contributed by atoms with van der Waals surface area (Å²) in [7, 11) is 2.08. The maximum Gasteiger partial charge on any atom is 0.0469 e. The van der Waals surface area contributed by atoms with Crippen molar-refractivity contribution in [2.45, 2.75) is 39.2 Å². The summed E-state index contributed by atoms with van der Waals surface area (Å²) in [6, 6.07) is 0.668. The Morgan fingerprint density at radius 3 is 2.62 bits per heavy atom. The molecule has 0 aliphatic carbocycles. The second kappa shape index (κ2) is 5.61. The largest absolute Gasteiger partial charge is 0.381 e. The number of nitrogens with one attached hydrogen (secondary N) is 1. The molecule has 1 heterocycles. The average Bonchev–Trinajstić information content (AvgIpc) is 2.33. The highest BCUT2D eigenvalue weighted by Gasteiger charge is 2.23. The van der Waals surface area contributed by atoms with Crippen LogP contribution in [0.2, 0.25) is 0 Å². The molecule has 0 aromatic rings. The van der Waals surface area contributed by atoms with E-state index in [4.69, 9.17) is 4.74 Å². The summed E-state index contributed by atoms with van der Waals surface area (Å²) < 4.78 is 5.47. The molecule has 78 valence electrons. The molecule has 0 bridgehead atoms. The summed E-state index contributed by atoms with van der Waals surface area (Å²) in [6.45, 7) is 6.51. The minimum Gasteiger partial charge on any atom is -0.381 e. The van der Waals surface area contributed by atoms with Crippen LogP contribution >= 0.6 is 0 Å². The van der Waals surface area contributed by atoms with E-state index in [0.29, 0.717) is 6.04 Å². The van der Waals surface area contributed by atoms with Gasteiger partial charge in [0.05, 0.1) is 0 Å². The highest BCUT2D eigenvalue weighted by Crippen LogP contribution is 2.23. The maximum atomic E-state index is 5.47. The first kappa shape index (κ1) is 11.0. The van der Waals surface area contributed by atoms with E-state index >= 15 is 0 Å². The van der Waals surface area contributed by atoms with Gasteiger partial charge >= 0.3 is 0 Å². The first-order valence-corrected chi connectivity index (χ1v) is 5.50. The topological polar surface area (TPSA) is 21.3 Å². The molecule has 2 atom stereocenters. The highest BCUT2D eigenvalue weighted by molar-refractivity contribution is 4.79. The first-order valence-electron chi connectivity index (χ1n) is 5.50. The lowest BCUT2D eigenvalue weighted by molar-refractivity contribution is 0.138. The third kappa shape index (κ3) is 3.28. The summed E-state index contributed by atoms with van der Waals surface area (Å²) in [6.07, 6.45) is 3.78. The van der Waals surface area contributed by atoms with Gasteiger partial charge in [0.1, 0.15) is 0 Å². The minimum atomic E-state index is 0.668. The van der Waals surface area contributed by atoms with Crippen molar-refractivity contribution in [3.63, 3.8) is 0 Å². The minimum absolute atomic E-state index is 0.668. The lowest BCUT2D eigenvalue weighted by atomic mass is 9.85. The third-order valence-corrected chi connectivity index (χ3v) is 3.06. The Hall–Kier alpha value is -0.0800. The molecule has 2 heteroatoms. The van der Waals surface area contributed by atoms with Crippen molar-refractivity contribution in [2.75, 3.05) is 20.3 Å². The fourth-order valence-electron chi connectivity index (χ4n) is 2.40. The SMILES string of the molecule is CNC(C(C)C)C1CCCOCC1. The van der Waals surface area contributed by atoms with Crippen LogP contribution in [0, 0.1) is 11.8 Å². The van der Waals surface area contributed by atoms with E-state index in [1.807, 2.05) is 0 Å². The molecule has 0 aromatic heterocycles. The smallest absolute Gasteiger partial charge is 0.0469 e. The number of rotatable bonds is 3. The second-order valence-corrected chi connectivity index (χ2v) is 4.36. The molecule has 2 nitrogen and oxygen atoms in total. The fraction of sp³-hybridized carbons (Fsp3) is 1.00. The van der Waals surface area contributed by atoms with Crippen molar-refractivity contribution in [3.05, 3.63) is 0 Å². The molecule has 1 N–H and O–H groups in total. The van der Waals surface area contributed by atoms with Crippen LogP contribution in [-0.4, -0.2) is 26.3 Å². The Kier molecular flexibility index (Phi) is 4.74. The van der Waals surface area contributed by atoms with Crippen molar-refractivity contribution >= 4 is 0 Å². The molecule has 1 fully saturated rings. The van der Waals surface area contributed by atoms with E-state index in [9.17, 15) is 0 Å². The summed E-state index contributed by atoms with van der Waals surface area (Å²) in [5.41, 5.74) is 0. The molecule has 1 aliphatic rings. The molecule has 1 rings (SSSR count). The van der Waals surface area contributed by atoms with E-state index in [0.717, 1.165) is 25.0 Å². The first-order chi connectivity index (χ1) is 6.25. The molecule has 0 radical (unpaired) electrons. The fourth-order valence-corrected chi connectivity index (χ4v) is 2.40. The van der Waals surface area contributed by atoms with Crippen LogP contribution in [0.15, 0.2) is 0 Å². The van der Waals surface area contributed by atoms with Gasteiger partial charge < -0.3 is 10.1 Å². The standard InChI is InChI=1S/C11H23NO/c1-9(2)11(12-3)10-5-4-7-13-8-6-10/h9-12H,4-8H2,1-3H3. The number of hydrogen-bond donors (Lipinski definition) is 1. The molecular weight excluding hydrogens is 162 g/mol. The summed E-state index contributed by atoms with van der Waals surface area (Å²) in [5, 5.41) is 3.44. The number of hydrogen-bond acceptors (Lipinski definition) is 2. The van der Waals surface area contributed by atoms with Gasteiger partial charge in [0.2, 0.25) is 0 Å². The molecule has 0 amide bonds. The molecule has 0 spiro atoms. The molecule has 0 saturated carbocycles. The Morgan fingerprint density at radius 1 is 1.23 bits per heavy atom. The summed E-state index contributed by atoms with van der Waals surface area (Å²) in [5.74, 6) is 1.54. The van der Waals surface area contributed by atoms with Crippen molar-refractivity contribution in [2.24, 2.45) is 11.8 Å². The quantitative estimate of drug-likeness (QED) is 0.726. The summed E-state index contributed by atoms with van der Waals surface area (Å²) >= 11 is 0. The molecule has 0 aromatic carbocycles. The highest BCUT2D eigenvalue weighted by atomic mass is 16.5. The second-order valence-electron chi connectivity index (χ2n) is 4.36. The maximum absolute atomic E-state index is 5.47. The van der Waals surface area contributed by atoms with Crippen LogP contribution in [0.3, 0.4) is 0 Å². The van der Waals surface area contributed by atoms with Crippen molar-refractivity contribution in [3.8, 4) is 0 Å². The van der Waals surface area contributed by atoms with Crippen molar-refractivity contribution in [1.82, 2.24) is 5.32 Å². The van der Waals surface area contributed by atoms with Gasteiger partial charge in [-0.1, -0.05) is 13.8 Å². The normalized spacial score (nSPS) is 27.2. The average molecular weight is 185 g/mol. The predicted octanol–water partition coefficient (Wildman–Crippen LogP) is 2.05. The van der Waals surface area contributed by atoms with Crippen molar-refractivity contribution < 1.29 is 4.74 Å². The lowest BCUT2D eigenvalue weighted by Crippen LogP contribution is -2.38. The Balaban J connectivity index is 2.45. The van der Waals surface area contributed by atoms with Gasteiger partial charge in [0.25, 0.3) is 0 Å². The van der Waals surface area contributed by atoms with E-state index in [-0.39, 0.29) is 0 Å². The molecule has 1 aliphatic heterocycles. The Labute approximate surface area is 82.0 Å². The molecule has 2 unspecified atom stereocenters. The predicted molar refractivity (Wildman–Crippen MR) is 55.8 cm³/mol. The van der Waals surface area contributed by atoms with Crippen LogP contribution in [0.1, 0.15) is 33.1 Å². The van der Waals surface area contributed by atoms with Gasteiger partial charge in [-0.25, -0.2) is 0 Å². The van der Waals surface area contributed by atoms with Gasteiger partial charge in [0.15, 0.2) is 0 Å². The summed E-state index contributed by atoms with van der Waals surface area (Å²) in [4.78, 5) is 0. The molecule has 1 saturated heterocycles. The van der Waals surface area contributed by atoms with Crippen LogP contribution in [-0.2, 0) is 4.74 Å². The number of ether oxygens (including phenoxy) is 1. The van der Waals surface area contributed by atoms with Crippen LogP contribution < -0.4 is 5.32 Å². The zero-order chi connectivity index (χ0) is 9.68. The zero-order valence-corrected chi connectivity index (χ0v) is 9.18. The monoisotopic (exact) mass is 185 g/mol. The van der Waals surface area contributed by atoms with Crippen LogP contribution in [0.25, 0.3) is 0 Å². The lowest BCUT2D eigenvalue weighted by Gasteiger charge is -2.28.